The van der Waals surface area contributed by atoms with E-state index in [1.54, 1.807) is 7.11 Å². The van der Waals surface area contributed by atoms with Crippen molar-refractivity contribution in [3.05, 3.63) is 22.8 Å². The second kappa shape index (κ2) is 3.89. The molecule has 0 amide bonds. The quantitative estimate of drug-likeness (QED) is 0.616. The third kappa shape index (κ3) is 1.44. The molecule has 1 aromatic carbocycles. The molecule has 0 aliphatic heterocycles. The van der Waals surface area contributed by atoms with Crippen LogP contribution in [0.25, 0.3) is 9.65 Å². The molecule has 0 saturated carbocycles. The van der Waals surface area contributed by atoms with Crippen molar-refractivity contribution in [1.29, 1.82) is 0 Å². The SMILES string of the molecule is CCn1[se]c2cccc(OC)c2c1=S. The fraction of sp³-hybridized carbons (Fsp3) is 0.300. The summed E-state index contributed by atoms with van der Waals surface area (Å²) in [5, 5.41) is 1.13. The molecule has 0 saturated heterocycles. The van der Waals surface area contributed by atoms with E-state index >= 15 is 0 Å². The van der Waals surface area contributed by atoms with Crippen molar-refractivity contribution in [2.24, 2.45) is 0 Å². The van der Waals surface area contributed by atoms with E-state index in [0.717, 1.165) is 22.3 Å². The maximum absolute atomic E-state index is 5.41. The Labute approximate surface area is 94.1 Å². The molecule has 0 spiro atoms. The van der Waals surface area contributed by atoms with E-state index in [2.05, 4.69) is 16.6 Å². The zero-order valence-electron chi connectivity index (χ0n) is 8.11. The van der Waals surface area contributed by atoms with E-state index in [0.29, 0.717) is 14.7 Å². The first-order valence-corrected chi connectivity index (χ1v) is 6.48. The summed E-state index contributed by atoms with van der Waals surface area (Å²) < 4.78 is 9.84. The zero-order valence-corrected chi connectivity index (χ0v) is 10.6. The number of fused-ring (bicyclic) bond motifs is 1. The minimum atomic E-state index is 0.343. The van der Waals surface area contributed by atoms with Gasteiger partial charge in [0, 0.05) is 0 Å². The van der Waals surface area contributed by atoms with Crippen LogP contribution >= 0.6 is 12.2 Å². The van der Waals surface area contributed by atoms with Gasteiger partial charge in [0.25, 0.3) is 0 Å². The predicted octanol–water partition coefficient (Wildman–Crippen LogP) is 2.46. The van der Waals surface area contributed by atoms with Crippen LogP contribution in [0.2, 0.25) is 0 Å². The Morgan fingerprint density at radius 1 is 1.50 bits per heavy atom. The Hall–Kier alpha value is -0.571. The first-order valence-electron chi connectivity index (χ1n) is 4.44. The van der Waals surface area contributed by atoms with Gasteiger partial charge in [0.1, 0.15) is 0 Å². The van der Waals surface area contributed by atoms with E-state index in [1.165, 1.54) is 4.26 Å². The molecule has 0 aliphatic rings. The summed E-state index contributed by atoms with van der Waals surface area (Å²) in [6, 6.07) is 6.14. The van der Waals surface area contributed by atoms with Crippen LogP contribution in [0.3, 0.4) is 0 Å². The molecular weight excluding hydrogens is 261 g/mol. The van der Waals surface area contributed by atoms with Crippen molar-refractivity contribution in [1.82, 2.24) is 3.56 Å². The van der Waals surface area contributed by atoms with Gasteiger partial charge in [-0.2, -0.15) is 0 Å². The summed E-state index contributed by atoms with van der Waals surface area (Å²) in [5.74, 6) is 0.908. The number of methoxy groups -OCH3 is 1. The van der Waals surface area contributed by atoms with E-state index in [9.17, 15) is 0 Å². The van der Waals surface area contributed by atoms with Gasteiger partial charge in [0.05, 0.1) is 0 Å². The molecular formula is C10H11NOSSe. The summed E-state index contributed by atoms with van der Waals surface area (Å²) in [5.41, 5.74) is 0. The molecule has 0 fully saturated rings. The number of nitrogens with zero attached hydrogens (tertiary/aromatic N) is 1. The molecule has 2 nitrogen and oxygen atoms in total. The molecule has 2 rings (SSSR count). The van der Waals surface area contributed by atoms with Crippen molar-refractivity contribution in [2.75, 3.05) is 7.11 Å². The second-order valence-electron chi connectivity index (χ2n) is 2.92. The number of aryl methyl sites for hydroxylation is 1. The van der Waals surface area contributed by atoms with Crippen LogP contribution in [0.1, 0.15) is 6.92 Å². The summed E-state index contributed by atoms with van der Waals surface area (Å²) >= 11 is 5.75. The summed E-state index contributed by atoms with van der Waals surface area (Å²) in [7, 11) is 1.69. The van der Waals surface area contributed by atoms with Crippen molar-refractivity contribution in [3.8, 4) is 5.75 Å². The predicted molar refractivity (Wildman–Crippen MR) is 61.9 cm³/mol. The number of ether oxygens (including phenoxy) is 1. The van der Waals surface area contributed by atoms with E-state index in [1.807, 2.05) is 12.1 Å². The molecule has 2 aromatic rings. The Bertz CT molecular complexity index is 514. The Morgan fingerprint density at radius 3 is 2.93 bits per heavy atom. The first kappa shape index (κ1) is 9.96. The van der Waals surface area contributed by atoms with E-state index < -0.39 is 0 Å². The van der Waals surface area contributed by atoms with Gasteiger partial charge in [0.2, 0.25) is 0 Å². The van der Waals surface area contributed by atoms with Crippen LogP contribution in [0.4, 0.5) is 0 Å². The van der Waals surface area contributed by atoms with Crippen molar-refractivity contribution >= 4 is 36.6 Å². The molecule has 0 N–H and O–H groups in total. The van der Waals surface area contributed by atoms with Gasteiger partial charge in [-0.1, -0.05) is 0 Å². The third-order valence-corrected chi connectivity index (χ3v) is 5.34. The molecule has 74 valence electrons. The van der Waals surface area contributed by atoms with Gasteiger partial charge >= 0.3 is 94.1 Å². The van der Waals surface area contributed by atoms with Crippen molar-refractivity contribution in [2.45, 2.75) is 13.5 Å². The van der Waals surface area contributed by atoms with Crippen LogP contribution < -0.4 is 4.74 Å². The Morgan fingerprint density at radius 2 is 2.29 bits per heavy atom. The number of benzene rings is 1. The summed E-state index contributed by atoms with van der Waals surface area (Å²) in [4.78, 5) is 0. The Kier molecular flexibility index (Phi) is 2.77. The standard InChI is InChI=1S/C10H11NOSSe/c1-3-11-10(13)9-7(12-2)5-4-6-8(9)14-11/h4-6H,3H2,1-2H3. The van der Waals surface area contributed by atoms with Gasteiger partial charge in [-0.25, -0.2) is 0 Å². The van der Waals surface area contributed by atoms with Crippen molar-refractivity contribution < 1.29 is 4.74 Å². The van der Waals surface area contributed by atoms with Gasteiger partial charge in [-0.05, 0) is 0 Å². The van der Waals surface area contributed by atoms with Gasteiger partial charge < -0.3 is 0 Å². The normalized spacial score (nSPS) is 10.7. The summed E-state index contributed by atoms with van der Waals surface area (Å²) in [6.07, 6.45) is 0. The zero-order chi connectivity index (χ0) is 10.1. The maximum atomic E-state index is 5.41. The molecule has 0 bridgehead atoms. The number of hydrogen-bond donors (Lipinski definition) is 0. The van der Waals surface area contributed by atoms with Crippen LogP contribution in [0.15, 0.2) is 18.2 Å². The minimum absolute atomic E-state index is 0.343. The Balaban J connectivity index is 2.86. The fourth-order valence-corrected chi connectivity index (χ4v) is 4.17. The topological polar surface area (TPSA) is 14.2 Å². The molecule has 0 atom stereocenters. The average molecular weight is 272 g/mol. The monoisotopic (exact) mass is 273 g/mol. The molecule has 1 aromatic heterocycles. The fourth-order valence-electron chi connectivity index (χ4n) is 1.46. The molecule has 4 heteroatoms. The number of aromatic nitrogens is 1. The van der Waals surface area contributed by atoms with E-state index in [4.69, 9.17) is 17.0 Å². The number of rotatable bonds is 2. The van der Waals surface area contributed by atoms with Crippen LogP contribution in [0.5, 0.6) is 5.75 Å². The second-order valence-corrected chi connectivity index (χ2v) is 5.54. The van der Waals surface area contributed by atoms with Gasteiger partial charge in [-0.15, -0.1) is 0 Å². The molecule has 0 aliphatic carbocycles. The number of hydrogen-bond acceptors (Lipinski definition) is 2. The molecule has 0 unspecified atom stereocenters. The molecule has 1 heterocycles. The molecule has 0 radical (unpaired) electrons. The van der Waals surface area contributed by atoms with Crippen LogP contribution in [0, 0.1) is 4.64 Å². The van der Waals surface area contributed by atoms with Crippen LogP contribution in [-0.4, -0.2) is 25.4 Å². The van der Waals surface area contributed by atoms with Crippen molar-refractivity contribution in [3.63, 3.8) is 0 Å². The van der Waals surface area contributed by atoms with Crippen LogP contribution in [-0.2, 0) is 6.54 Å². The first-order chi connectivity index (χ1) is 6.77. The van der Waals surface area contributed by atoms with Gasteiger partial charge in [-0.3, -0.25) is 0 Å². The third-order valence-electron chi connectivity index (χ3n) is 2.14. The average Bonchev–Trinajstić information content (AvgIpc) is 2.55. The molecule has 14 heavy (non-hydrogen) atoms. The van der Waals surface area contributed by atoms with E-state index in [-0.39, 0.29) is 0 Å². The summed E-state index contributed by atoms with van der Waals surface area (Å²) in [6.45, 7) is 3.11. The van der Waals surface area contributed by atoms with Gasteiger partial charge in [0.15, 0.2) is 0 Å².